The Morgan fingerprint density at radius 1 is 1.37 bits per heavy atom. The molecule has 0 heterocycles. The molecule has 0 aliphatic rings. The standard InChI is InChI=1S/C11H11BrN2O5/c1-13-11(18)14-9(16)5-19-10(17)7-4-6(12)2-3-8(7)15/h2-4,15H,5H2,1H3,(H2,13,14,16,18). The lowest BCUT2D eigenvalue weighted by Gasteiger charge is -2.06. The van der Waals surface area contributed by atoms with Gasteiger partial charge in [-0.3, -0.25) is 10.1 Å². The third-order valence-corrected chi connectivity index (χ3v) is 2.49. The van der Waals surface area contributed by atoms with Crippen molar-refractivity contribution < 1.29 is 24.2 Å². The molecule has 0 saturated heterocycles. The highest BCUT2D eigenvalue weighted by molar-refractivity contribution is 9.10. The highest BCUT2D eigenvalue weighted by Crippen LogP contribution is 2.22. The zero-order chi connectivity index (χ0) is 14.4. The fourth-order valence-corrected chi connectivity index (χ4v) is 1.47. The molecule has 19 heavy (non-hydrogen) atoms. The predicted molar refractivity (Wildman–Crippen MR) is 68.7 cm³/mol. The normalized spacial score (nSPS) is 9.58. The average molecular weight is 331 g/mol. The monoisotopic (exact) mass is 330 g/mol. The number of esters is 1. The van der Waals surface area contributed by atoms with Gasteiger partial charge in [0, 0.05) is 11.5 Å². The Morgan fingerprint density at radius 2 is 2.05 bits per heavy atom. The molecule has 1 aromatic rings. The topological polar surface area (TPSA) is 105 Å². The number of aromatic hydroxyl groups is 1. The zero-order valence-corrected chi connectivity index (χ0v) is 11.5. The summed E-state index contributed by atoms with van der Waals surface area (Å²) in [4.78, 5) is 33.6. The Balaban J connectivity index is 2.58. The van der Waals surface area contributed by atoms with Gasteiger partial charge in [-0.15, -0.1) is 0 Å². The largest absolute Gasteiger partial charge is 0.507 e. The molecule has 3 amide bonds. The number of nitrogens with one attached hydrogen (secondary N) is 2. The first-order valence-corrected chi connectivity index (χ1v) is 5.90. The maximum Gasteiger partial charge on any atom is 0.342 e. The summed E-state index contributed by atoms with van der Waals surface area (Å²) in [6.07, 6.45) is 0. The number of rotatable bonds is 3. The number of carbonyl (C=O) groups excluding carboxylic acids is 3. The molecule has 0 fully saturated rings. The first-order chi connectivity index (χ1) is 8.93. The van der Waals surface area contributed by atoms with Crippen LogP contribution >= 0.6 is 15.9 Å². The number of imide groups is 1. The van der Waals surface area contributed by atoms with Crippen molar-refractivity contribution in [3.8, 4) is 5.75 Å². The van der Waals surface area contributed by atoms with Crippen molar-refractivity contribution >= 4 is 33.8 Å². The van der Waals surface area contributed by atoms with Gasteiger partial charge < -0.3 is 15.2 Å². The van der Waals surface area contributed by atoms with E-state index < -0.39 is 24.5 Å². The smallest absolute Gasteiger partial charge is 0.342 e. The molecule has 0 aliphatic carbocycles. The molecule has 0 aliphatic heterocycles. The van der Waals surface area contributed by atoms with Crippen LogP contribution in [0.15, 0.2) is 22.7 Å². The first kappa shape index (κ1) is 15.0. The Morgan fingerprint density at radius 3 is 2.68 bits per heavy atom. The minimum absolute atomic E-state index is 0.0814. The van der Waals surface area contributed by atoms with E-state index in [0.717, 1.165) is 0 Å². The van der Waals surface area contributed by atoms with Gasteiger partial charge in [-0.1, -0.05) is 15.9 Å². The number of phenols is 1. The Hall–Kier alpha value is -2.09. The van der Waals surface area contributed by atoms with Gasteiger partial charge in [0.2, 0.25) is 0 Å². The molecule has 102 valence electrons. The first-order valence-electron chi connectivity index (χ1n) is 5.11. The predicted octanol–water partition coefficient (Wildman–Crippen LogP) is 0.767. The molecule has 7 nitrogen and oxygen atoms in total. The Kier molecular flexibility index (Phi) is 5.31. The molecule has 0 bridgehead atoms. The zero-order valence-electron chi connectivity index (χ0n) is 9.90. The van der Waals surface area contributed by atoms with Crippen LogP contribution in [0.3, 0.4) is 0 Å². The summed E-state index contributed by atoms with van der Waals surface area (Å²) in [5.41, 5.74) is -0.0814. The summed E-state index contributed by atoms with van der Waals surface area (Å²) >= 11 is 3.14. The Labute approximate surface area is 117 Å². The molecule has 0 radical (unpaired) electrons. The fourth-order valence-electron chi connectivity index (χ4n) is 1.11. The number of carbonyl (C=O) groups is 3. The van der Waals surface area contributed by atoms with E-state index in [2.05, 4.69) is 26.0 Å². The quantitative estimate of drug-likeness (QED) is 0.710. The summed E-state index contributed by atoms with van der Waals surface area (Å²) in [7, 11) is 1.34. The van der Waals surface area contributed by atoms with E-state index in [4.69, 9.17) is 0 Å². The lowest BCUT2D eigenvalue weighted by molar-refractivity contribution is -0.123. The van der Waals surface area contributed by atoms with Crippen molar-refractivity contribution in [2.24, 2.45) is 0 Å². The van der Waals surface area contributed by atoms with Crippen LogP contribution in [0.2, 0.25) is 0 Å². The number of ether oxygens (including phenoxy) is 1. The maximum absolute atomic E-state index is 11.6. The van der Waals surface area contributed by atoms with Crippen molar-refractivity contribution in [1.82, 2.24) is 10.6 Å². The van der Waals surface area contributed by atoms with Gasteiger partial charge in [0.1, 0.15) is 11.3 Å². The highest BCUT2D eigenvalue weighted by atomic mass is 79.9. The van der Waals surface area contributed by atoms with Gasteiger partial charge in [0.05, 0.1) is 0 Å². The van der Waals surface area contributed by atoms with Crippen molar-refractivity contribution in [2.75, 3.05) is 13.7 Å². The second-order valence-corrected chi connectivity index (χ2v) is 4.28. The van der Waals surface area contributed by atoms with Crippen LogP contribution in [0.25, 0.3) is 0 Å². The average Bonchev–Trinajstić information content (AvgIpc) is 2.38. The SMILES string of the molecule is CNC(=O)NC(=O)COC(=O)c1cc(Br)ccc1O. The van der Waals surface area contributed by atoms with Gasteiger partial charge in [-0.25, -0.2) is 9.59 Å². The van der Waals surface area contributed by atoms with E-state index in [1.807, 2.05) is 5.32 Å². The molecule has 1 rings (SSSR count). The number of phenolic OH excluding ortho intramolecular Hbond substituents is 1. The molecule has 3 N–H and O–H groups in total. The third-order valence-electron chi connectivity index (χ3n) is 1.99. The molecule has 0 unspecified atom stereocenters. The van der Waals surface area contributed by atoms with Crippen LogP contribution in [0, 0.1) is 0 Å². The van der Waals surface area contributed by atoms with Gasteiger partial charge in [0.25, 0.3) is 5.91 Å². The van der Waals surface area contributed by atoms with Crippen LogP contribution in [0.4, 0.5) is 4.79 Å². The number of benzene rings is 1. The summed E-state index contributed by atoms with van der Waals surface area (Å²) in [6, 6.07) is 3.51. The number of halogens is 1. The maximum atomic E-state index is 11.6. The third kappa shape index (κ3) is 4.59. The van der Waals surface area contributed by atoms with E-state index in [1.54, 1.807) is 6.07 Å². The van der Waals surface area contributed by atoms with Crippen molar-refractivity contribution in [3.05, 3.63) is 28.2 Å². The van der Waals surface area contributed by atoms with Gasteiger partial charge in [-0.05, 0) is 18.2 Å². The number of hydrogen-bond donors (Lipinski definition) is 3. The lowest BCUT2D eigenvalue weighted by Crippen LogP contribution is -2.39. The molecular formula is C11H11BrN2O5. The van der Waals surface area contributed by atoms with Crippen LogP contribution < -0.4 is 10.6 Å². The molecule has 0 atom stereocenters. The highest BCUT2D eigenvalue weighted by Gasteiger charge is 2.15. The van der Waals surface area contributed by atoms with E-state index in [-0.39, 0.29) is 11.3 Å². The van der Waals surface area contributed by atoms with Crippen LogP contribution in [-0.4, -0.2) is 36.7 Å². The van der Waals surface area contributed by atoms with E-state index in [9.17, 15) is 19.5 Å². The van der Waals surface area contributed by atoms with Gasteiger partial charge in [-0.2, -0.15) is 0 Å². The van der Waals surface area contributed by atoms with Crippen LogP contribution in [-0.2, 0) is 9.53 Å². The summed E-state index contributed by atoms with van der Waals surface area (Å²) in [6.45, 7) is -0.627. The molecule has 1 aromatic carbocycles. The summed E-state index contributed by atoms with van der Waals surface area (Å²) < 4.78 is 5.24. The van der Waals surface area contributed by atoms with Crippen LogP contribution in [0.1, 0.15) is 10.4 Å². The van der Waals surface area contributed by atoms with Crippen molar-refractivity contribution in [2.45, 2.75) is 0 Å². The molecule has 0 saturated carbocycles. The number of hydrogen-bond acceptors (Lipinski definition) is 5. The molecular weight excluding hydrogens is 320 g/mol. The second-order valence-electron chi connectivity index (χ2n) is 3.36. The van der Waals surface area contributed by atoms with Crippen molar-refractivity contribution in [3.63, 3.8) is 0 Å². The number of urea groups is 1. The lowest BCUT2D eigenvalue weighted by atomic mass is 10.2. The summed E-state index contributed by atoms with van der Waals surface area (Å²) in [5, 5.41) is 13.6. The second kappa shape index (κ2) is 6.74. The molecule has 0 aromatic heterocycles. The Bertz CT molecular complexity index is 518. The fraction of sp³-hybridized carbons (Fsp3) is 0.182. The van der Waals surface area contributed by atoms with E-state index >= 15 is 0 Å². The van der Waals surface area contributed by atoms with Crippen molar-refractivity contribution in [1.29, 1.82) is 0 Å². The number of amides is 3. The molecule has 8 heteroatoms. The molecule has 0 spiro atoms. The van der Waals surface area contributed by atoms with E-state index in [1.165, 1.54) is 19.2 Å². The van der Waals surface area contributed by atoms with Crippen LogP contribution in [0.5, 0.6) is 5.75 Å². The van der Waals surface area contributed by atoms with E-state index in [0.29, 0.717) is 4.47 Å². The minimum atomic E-state index is -0.870. The summed E-state index contributed by atoms with van der Waals surface area (Å²) in [5.74, 6) is -1.91. The minimum Gasteiger partial charge on any atom is -0.507 e. The van der Waals surface area contributed by atoms with Gasteiger partial charge >= 0.3 is 12.0 Å². The van der Waals surface area contributed by atoms with Gasteiger partial charge in [0.15, 0.2) is 6.61 Å².